The average molecular weight is 228 g/mol. The second kappa shape index (κ2) is 5.07. The van der Waals surface area contributed by atoms with Crippen molar-refractivity contribution < 1.29 is 13.6 Å². The predicted molar refractivity (Wildman–Crippen MR) is 59.2 cm³/mol. The van der Waals surface area contributed by atoms with Crippen molar-refractivity contribution in [1.82, 2.24) is 0 Å². The zero-order valence-electron chi connectivity index (χ0n) is 8.13. The summed E-state index contributed by atoms with van der Waals surface area (Å²) in [5.74, 6) is -1.49. The van der Waals surface area contributed by atoms with Crippen LogP contribution in [-0.2, 0) is 0 Å². The Morgan fingerprint density at radius 2 is 2.07 bits per heavy atom. The first kappa shape index (κ1) is 11.9. The Hall–Kier alpha value is -1.16. The lowest BCUT2D eigenvalue weighted by Gasteiger charge is -2.02. The fourth-order valence-electron chi connectivity index (χ4n) is 1.14. The van der Waals surface area contributed by atoms with E-state index in [1.807, 2.05) is 0 Å². The van der Waals surface area contributed by atoms with Crippen LogP contribution in [0.3, 0.4) is 0 Å². The first-order chi connectivity index (χ1) is 7.06. The predicted octanol–water partition coefficient (Wildman–Crippen LogP) is 3.11. The Bertz CT molecular complexity index is 413. The highest BCUT2D eigenvalue weighted by Crippen LogP contribution is 2.16. The molecule has 80 valence electrons. The maximum atomic E-state index is 13.2. The molecule has 0 bridgehead atoms. The molecule has 1 rings (SSSR count). The van der Waals surface area contributed by atoms with Crippen LogP contribution in [0.1, 0.15) is 22.8 Å². The molecule has 4 heteroatoms. The van der Waals surface area contributed by atoms with Crippen molar-refractivity contribution in [3.8, 4) is 0 Å². The summed E-state index contributed by atoms with van der Waals surface area (Å²) in [5.41, 5.74) is 0.0888. The van der Waals surface area contributed by atoms with E-state index in [9.17, 15) is 13.6 Å². The highest BCUT2D eigenvalue weighted by atomic mass is 32.1. The number of halogens is 2. The van der Waals surface area contributed by atoms with Gasteiger partial charge in [-0.25, -0.2) is 8.78 Å². The van der Waals surface area contributed by atoms with Gasteiger partial charge in [-0.2, -0.15) is 12.6 Å². The minimum absolute atomic E-state index is 0.102. The van der Waals surface area contributed by atoms with Crippen molar-refractivity contribution in [3.63, 3.8) is 0 Å². The van der Waals surface area contributed by atoms with Gasteiger partial charge in [-0.05, 0) is 13.0 Å². The molecule has 0 aliphatic carbocycles. The van der Waals surface area contributed by atoms with E-state index < -0.39 is 17.4 Å². The van der Waals surface area contributed by atoms with Crippen LogP contribution in [0.15, 0.2) is 18.2 Å². The number of ketones is 1. The molecule has 0 aliphatic rings. The van der Waals surface area contributed by atoms with Gasteiger partial charge < -0.3 is 0 Å². The van der Waals surface area contributed by atoms with E-state index in [1.165, 1.54) is 19.1 Å². The quantitative estimate of drug-likeness (QED) is 0.621. The normalized spacial score (nSPS) is 10.9. The van der Waals surface area contributed by atoms with Crippen LogP contribution in [0.5, 0.6) is 0 Å². The first-order valence-corrected chi connectivity index (χ1v) is 4.97. The maximum absolute atomic E-state index is 13.2. The molecule has 1 nitrogen and oxygen atoms in total. The van der Waals surface area contributed by atoms with E-state index in [4.69, 9.17) is 0 Å². The van der Waals surface area contributed by atoms with Crippen LogP contribution in [0.4, 0.5) is 8.78 Å². The molecule has 0 aliphatic heterocycles. The number of carbonyl (C=O) groups excluding carboxylic acids is 1. The highest BCUT2D eigenvalue weighted by molar-refractivity contribution is 7.80. The van der Waals surface area contributed by atoms with E-state index in [-0.39, 0.29) is 11.1 Å². The van der Waals surface area contributed by atoms with Crippen LogP contribution >= 0.6 is 12.6 Å². The second-order valence-electron chi connectivity index (χ2n) is 2.99. The van der Waals surface area contributed by atoms with Gasteiger partial charge in [0.1, 0.15) is 11.6 Å². The van der Waals surface area contributed by atoms with Gasteiger partial charge in [0.15, 0.2) is 5.78 Å². The molecule has 0 saturated heterocycles. The summed E-state index contributed by atoms with van der Waals surface area (Å²) < 4.78 is 26.3. The molecule has 0 N–H and O–H groups in total. The third kappa shape index (κ3) is 2.89. The molecule has 0 amide bonds. The number of thiol groups is 1. The van der Waals surface area contributed by atoms with E-state index in [2.05, 4.69) is 12.6 Å². The zero-order chi connectivity index (χ0) is 11.4. The van der Waals surface area contributed by atoms with Gasteiger partial charge in [-0.3, -0.25) is 4.79 Å². The van der Waals surface area contributed by atoms with E-state index >= 15 is 0 Å². The third-order valence-electron chi connectivity index (χ3n) is 1.87. The summed E-state index contributed by atoms with van der Waals surface area (Å²) in [6.07, 6.45) is 3.08. The summed E-state index contributed by atoms with van der Waals surface area (Å²) in [7, 11) is 0. The molecule has 0 fully saturated rings. The Labute approximate surface area is 92.2 Å². The highest BCUT2D eigenvalue weighted by Gasteiger charge is 2.11. The fourth-order valence-corrected chi connectivity index (χ4v) is 1.25. The Kier molecular flexibility index (Phi) is 4.03. The molecule has 0 unspecified atom stereocenters. The third-order valence-corrected chi connectivity index (χ3v) is 2.08. The molecular weight excluding hydrogens is 218 g/mol. The average Bonchev–Trinajstić information content (AvgIpc) is 2.16. The lowest BCUT2D eigenvalue weighted by molar-refractivity contribution is 0.101. The molecule has 15 heavy (non-hydrogen) atoms. The van der Waals surface area contributed by atoms with Crippen molar-refractivity contribution >= 4 is 24.5 Å². The minimum atomic E-state index is -0.831. The number of rotatable bonds is 3. The van der Waals surface area contributed by atoms with Crippen molar-refractivity contribution in [2.75, 3.05) is 5.75 Å². The Morgan fingerprint density at radius 3 is 2.60 bits per heavy atom. The van der Waals surface area contributed by atoms with Gasteiger partial charge in [0.2, 0.25) is 0 Å². The number of hydrogen-bond acceptors (Lipinski definition) is 2. The molecule has 0 atom stereocenters. The summed E-state index contributed by atoms with van der Waals surface area (Å²) in [6.45, 7) is 1.24. The zero-order valence-corrected chi connectivity index (χ0v) is 9.02. The van der Waals surface area contributed by atoms with E-state index in [1.54, 1.807) is 6.08 Å². The molecule has 1 aromatic carbocycles. The number of benzene rings is 1. The van der Waals surface area contributed by atoms with Gasteiger partial charge in [0.05, 0.1) is 5.56 Å². The summed E-state index contributed by atoms with van der Waals surface area (Å²) in [6, 6.07) is 1.92. The Morgan fingerprint density at radius 1 is 1.40 bits per heavy atom. The van der Waals surface area contributed by atoms with Gasteiger partial charge >= 0.3 is 0 Å². The monoisotopic (exact) mass is 228 g/mol. The molecule has 0 heterocycles. The topological polar surface area (TPSA) is 17.1 Å². The molecular formula is C11H10F2OS. The first-order valence-electron chi connectivity index (χ1n) is 4.33. The SMILES string of the molecule is CC(=O)c1cc(C=CCS)c(F)cc1F. The van der Waals surface area contributed by atoms with Crippen LogP contribution in [0, 0.1) is 11.6 Å². The summed E-state index contributed by atoms with van der Waals surface area (Å²) >= 11 is 3.92. The number of Topliss-reactive ketones (excluding diaryl/α,β-unsaturated/α-hetero) is 1. The van der Waals surface area contributed by atoms with E-state index in [0.29, 0.717) is 5.75 Å². The molecule has 0 spiro atoms. The summed E-state index contributed by atoms with van der Waals surface area (Å²) in [4.78, 5) is 11.0. The van der Waals surface area contributed by atoms with Gasteiger partial charge in [-0.1, -0.05) is 12.2 Å². The van der Waals surface area contributed by atoms with Crippen molar-refractivity contribution in [2.45, 2.75) is 6.92 Å². The fraction of sp³-hybridized carbons (Fsp3) is 0.182. The van der Waals surface area contributed by atoms with Crippen LogP contribution in [0.25, 0.3) is 6.08 Å². The van der Waals surface area contributed by atoms with Crippen molar-refractivity contribution in [3.05, 3.63) is 41.0 Å². The minimum Gasteiger partial charge on any atom is -0.294 e. The lowest BCUT2D eigenvalue weighted by atomic mass is 10.1. The van der Waals surface area contributed by atoms with Crippen molar-refractivity contribution in [1.29, 1.82) is 0 Å². The largest absolute Gasteiger partial charge is 0.294 e. The van der Waals surface area contributed by atoms with Crippen LogP contribution < -0.4 is 0 Å². The Balaban J connectivity index is 3.23. The van der Waals surface area contributed by atoms with E-state index in [0.717, 1.165) is 6.07 Å². The smallest absolute Gasteiger partial charge is 0.162 e. The molecule has 0 radical (unpaired) electrons. The van der Waals surface area contributed by atoms with Crippen LogP contribution in [0.2, 0.25) is 0 Å². The van der Waals surface area contributed by atoms with Gasteiger partial charge in [-0.15, -0.1) is 0 Å². The van der Waals surface area contributed by atoms with Gasteiger partial charge in [0.25, 0.3) is 0 Å². The summed E-state index contributed by atoms with van der Waals surface area (Å²) in [5, 5.41) is 0. The number of carbonyl (C=O) groups is 1. The lowest BCUT2D eigenvalue weighted by Crippen LogP contribution is -1.99. The molecule has 0 aromatic heterocycles. The van der Waals surface area contributed by atoms with Gasteiger partial charge in [0, 0.05) is 17.4 Å². The van der Waals surface area contributed by atoms with Crippen LogP contribution in [-0.4, -0.2) is 11.5 Å². The second-order valence-corrected chi connectivity index (χ2v) is 3.36. The maximum Gasteiger partial charge on any atom is 0.162 e. The molecule has 0 saturated carbocycles. The number of hydrogen-bond donors (Lipinski definition) is 1. The standard InChI is InChI=1S/C11H10F2OS/c1-7(14)9-5-8(3-2-4-15)10(12)6-11(9)13/h2-3,5-6,15H,4H2,1H3. The van der Waals surface area contributed by atoms with Crippen molar-refractivity contribution in [2.24, 2.45) is 0 Å². The molecule has 1 aromatic rings.